The van der Waals surface area contributed by atoms with Crippen molar-refractivity contribution in [3.8, 4) is 0 Å². The van der Waals surface area contributed by atoms with E-state index in [2.05, 4.69) is 34.0 Å². The maximum atomic E-state index is 11.2. The highest BCUT2D eigenvalue weighted by atomic mass is 16.6. The van der Waals surface area contributed by atoms with Crippen LogP contribution in [0.25, 0.3) is 0 Å². The fourth-order valence-electron chi connectivity index (χ4n) is 2.07. The minimum atomic E-state index is -0.403. The van der Waals surface area contributed by atoms with E-state index >= 15 is 0 Å². The van der Waals surface area contributed by atoms with E-state index in [9.17, 15) is 10.1 Å². The second kappa shape index (κ2) is 6.02. The number of anilines is 2. The van der Waals surface area contributed by atoms with Gasteiger partial charge in [0, 0.05) is 19.6 Å². The van der Waals surface area contributed by atoms with Gasteiger partial charge in [-0.1, -0.05) is 13.8 Å². The Kier molecular flexibility index (Phi) is 4.36. The van der Waals surface area contributed by atoms with Gasteiger partial charge in [-0.05, 0) is 25.2 Å². The van der Waals surface area contributed by atoms with Crippen LogP contribution in [0.5, 0.6) is 0 Å². The van der Waals surface area contributed by atoms with Gasteiger partial charge in [0.25, 0.3) is 0 Å². The van der Waals surface area contributed by atoms with Gasteiger partial charge in [-0.3, -0.25) is 10.1 Å². The van der Waals surface area contributed by atoms with Crippen LogP contribution in [0.4, 0.5) is 17.5 Å². The SMILES string of the molecule is CNc1ncc([N+](=O)[O-])c(N(CCC(C)C)C2CC2)n1. The smallest absolute Gasteiger partial charge is 0.329 e. The van der Waals surface area contributed by atoms with Gasteiger partial charge in [0.1, 0.15) is 6.20 Å². The van der Waals surface area contributed by atoms with Gasteiger partial charge in [0.2, 0.25) is 11.8 Å². The summed E-state index contributed by atoms with van der Waals surface area (Å²) in [6, 6.07) is 0.382. The van der Waals surface area contributed by atoms with E-state index in [1.54, 1.807) is 7.05 Å². The summed E-state index contributed by atoms with van der Waals surface area (Å²) in [5.41, 5.74) is -0.0142. The van der Waals surface area contributed by atoms with Crippen molar-refractivity contribution in [2.24, 2.45) is 5.92 Å². The van der Waals surface area contributed by atoms with Crippen LogP contribution in [0, 0.1) is 16.0 Å². The lowest BCUT2D eigenvalue weighted by atomic mass is 10.1. The normalized spacial score (nSPS) is 14.4. The molecule has 0 saturated heterocycles. The van der Waals surface area contributed by atoms with Crippen LogP contribution in [-0.4, -0.2) is 34.5 Å². The van der Waals surface area contributed by atoms with Crippen molar-refractivity contribution in [3.05, 3.63) is 16.3 Å². The number of nitrogens with one attached hydrogen (secondary N) is 1. The summed E-state index contributed by atoms with van der Waals surface area (Å²) < 4.78 is 0. The summed E-state index contributed by atoms with van der Waals surface area (Å²) >= 11 is 0. The zero-order valence-electron chi connectivity index (χ0n) is 12.2. The molecule has 0 spiro atoms. The molecule has 1 heterocycles. The minimum absolute atomic E-state index is 0.0142. The van der Waals surface area contributed by atoms with Crippen LogP contribution in [0.15, 0.2) is 6.20 Å². The third-order valence-electron chi connectivity index (χ3n) is 3.38. The van der Waals surface area contributed by atoms with Crippen molar-refractivity contribution in [2.75, 3.05) is 23.8 Å². The Labute approximate surface area is 118 Å². The molecule has 1 N–H and O–H groups in total. The van der Waals surface area contributed by atoms with Gasteiger partial charge in [-0.25, -0.2) is 4.98 Å². The molecule has 0 radical (unpaired) electrons. The lowest BCUT2D eigenvalue weighted by molar-refractivity contribution is -0.384. The lowest BCUT2D eigenvalue weighted by Crippen LogP contribution is -2.29. The molecule has 0 aliphatic heterocycles. The summed E-state index contributed by atoms with van der Waals surface area (Å²) in [6.45, 7) is 5.10. The Hall–Kier alpha value is -1.92. The zero-order chi connectivity index (χ0) is 14.7. The van der Waals surface area contributed by atoms with Crippen LogP contribution in [0.3, 0.4) is 0 Å². The quantitative estimate of drug-likeness (QED) is 0.609. The number of aromatic nitrogens is 2. The molecule has 0 amide bonds. The molecule has 7 heteroatoms. The number of nitrogens with zero attached hydrogens (tertiary/aromatic N) is 4. The van der Waals surface area contributed by atoms with Gasteiger partial charge < -0.3 is 10.2 Å². The van der Waals surface area contributed by atoms with Gasteiger partial charge in [0.05, 0.1) is 4.92 Å². The Morgan fingerprint density at radius 3 is 2.75 bits per heavy atom. The summed E-state index contributed by atoms with van der Waals surface area (Å²) in [5.74, 6) is 1.42. The van der Waals surface area contributed by atoms with E-state index < -0.39 is 4.92 Å². The Balaban J connectivity index is 2.32. The number of rotatable bonds is 7. The Morgan fingerprint density at radius 1 is 1.55 bits per heavy atom. The third kappa shape index (κ3) is 3.34. The number of hydrogen-bond acceptors (Lipinski definition) is 6. The van der Waals surface area contributed by atoms with E-state index in [-0.39, 0.29) is 5.69 Å². The van der Waals surface area contributed by atoms with Crippen molar-refractivity contribution in [1.29, 1.82) is 0 Å². The van der Waals surface area contributed by atoms with Gasteiger partial charge in [-0.2, -0.15) is 4.98 Å². The Morgan fingerprint density at radius 2 is 2.25 bits per heavy atom. The highest BCUT2D eigenvalue weighted by Crippen LogP contribution is 2.36. The topological polar surface area (TPSA) is 84.2 Å². The van der Waals surface area contributed by atoms with E-state index in [0.29, 0.717) is 23.7 Å². The largest absolute Gasteiger partial charge is 0.357 e. The van der Waals surface area contributed by atoms with Crippen LogP contribution >= 0.6 is 0 Å². The number of nitro groups is 1. The molecule has 1 aliphatic carbocycles. The van der Waals surface area contributed by atoms with Crippen LogP contribution in [0.2, 0.25) is 0 Å². The molecule has 1 saturated carbocycles. The highest BCUT2D eigenvalue weighted by Gasteiger charge is 2.34. The summed E-state index contributed by atoms with van der Waals surface area (Å²) in [5, 5.41) is 14.0. The monoisotopic (exact) mass is 279 g/mol. The molecular weight excluding hydrogens is 258 g/mol. The first-order valence-electron chi connectivity index (χ1n) is 6.98. The van der Waals surface area contributed by atoms with Crippen LogP contribution < -0.4 is 10.2 Å². The minimum Gasteiger partial charge on any atom is -0.357 e. The molecule has 2 rings (SSSR count). The van der Waals surface area contributed by atoms with E-state index in [1.807, 2.05) is 0 Å². The second-order valence-corrected chi connectivity index (χ2v) is 5.52. The predicted molar refractivity (Wildman–Crippen MR) is 78.1 cm³/mol. The summed E-state index contributed by atoms with van der Waals surface area (Å²) in [4.78, 5) is 21.1. The van der Waals surface area contributed by atoms with Crippen molar-refractivity contribution in [3.63, 3.8) is 0 Å². The van der Waals surface area contributed by atoms with Crippen molar-refractivity contribution in [1.82, 2.24) is 9.97 Å². The molecule has 20 heavy (non-hydrogen) atoms. The van der Waals surface area contributed by atoms with E-state index in [4.69, 9.17) is 0 Å². The summed E-state index contributed by atoms with van der Waals surface area (Å²) in [6.07, 6.45) is 4.44. The number of hydrogen-bond donors (Lipinski definition) is 1. The first kappa shape index (κ1) is 14.5. The molecule has 0 aromatic carbocycles. The molecule has 7 nitrogen and oxygen atoms in total. The van der Waals surface area contributed by atoms with Gasteiger partial charge in [0.15, 0.2) is 0 Å². The van der Waals surface area contributed by atoms with Gasteiger partial charge in [-0.15, -0.1) is 0 Å². The second-order valence-electron chi connectivity index (χ2n) is 5.52. The molecule has 1 aliphatic rings. The molecule has 1 fully saturated rings. The average Bonchev–Trinajstić information content (AvgIpc) is 3.22. The van der Waals surface area contributed by atoms with Crippen molar-refractivity contribution < 1.29 is 4.92 Å². The van der Waals surface area contributed by atoms with Crippen LogP contribution in [0.1, 0.15) is 33.1 Å². The molecule has 0 bridgehead atoms. The lowest BCUT2D eigenvalue weighted by Gasteiger charge is -2.24. The fourth-order valence-corrected chi connectivity index (χ4v) is 2.07. The van der Waals surface area contributed by atoms with E-state index in [1.165, 1.54) is 6.20 Å². The average molecular weight is 279 g/mol. The molecule has 0 unspecified atom stereocenters. The first-order chi connectivity index (χ1) is 9.52. The maximum Gasteiger partial charge on any atom is 0.329 e. The Bertz CT molecular complexity index is 488. The third-order valence-corrected chi connectivity index (χ3v) is 3.38. The standard InChI is InChI=1S/C13H21N5O2/c1-9(2)6-7-17(10-4-5-10)12-11(18(19)20)8-15-13(14-3)16-12/h8-10H,4-7H2,1-3H3,(H,14,15,16). The molecule has 110 valence electrons. The van der Waals surface area contributed by atoms with Crippen molar-refractivity contribution >= 4 is 17.5 Å². The zero-order valence-corrected chi connectivity index (χ0v) is 12.2. The van der Waals surface area contributed by atoms with E-state index in [0.717, 1.165) is 25.8 Å². The van der Waals surface area contributed by atoms with Crippen molar-refractivity contribution in [2.45, 2.75) is 39.2 Å². The predicted octanol–water partition coefficient (Wildman–Crippen LogP) is 2.44. The van der Waals surface area contributed by atoms with Gasteiger partial charge >= 0.3 is 5.69 Å². The van der Waals surface area contributed by atoms with Crippen LogP contribution in [-0.2, 0) is 0 Å². The molecular formula is C13H21N5O2. The highest BCUT2D eigenvalue weighted by molar-refractivity contribution is 5.60. The summed E-state index contributed by atoms with van der Waals surface area (Å²) in [7, 11) is 1.71. The molecule has 0 atom stereocenters. The first-order valence-corrected chi connectivity index (χ1v) is 6.98. The molecule has 1 aromatic heterocycles. The maximum absolute atomic E-state index is 11.2. The fraction of sp³-hybridized carbons (Fsp3) is 0.692. The molecule has 1 aromatic rings.